The summed E-state index contributed by atoms with van der Waals surface area (Å²) < 4.78 is 5.16. The summed E-state index contributed by atoms with van der Waals surface area (Å²) in [5.74, 6) is 0.543. The molecule has 0 aromatic heterocycles. The molecule has 0 bridgehead atoms. The number of amides is 2. The van der Waals surface area contributed by atoms with Crippen LogP contribution >= 0.6 is 23.2 Å². The van der Waals surface area contributed by atoms with Crippen molar-refractivity contribution in [3.63, 3.8) is 0 Å². The zero-order valence-electron chi connectivity index (χ0n) is 11.3. The molecule has 110 valence electrons. The molecule has 2 N–H and O–H groups in total. The van der Waals surface area contributed by atoms with Crippen LogP contribution in [0.1, 0.15) is 5.56 Å². The summed E-state index contributed by atoms with van der Waals surface area (Å²) in [5, 5.41) is 6.62. The molecule has 4 nitrogen and oxygen atoms in total. The van der Waals surface area contributed by atoms with Crippen LogP contribution in [0.5, 0.6) is 5.75 Å². The molecule has 21 heavy (non-hydrogen) atoms. The van der Waals surface area contributed by atoms with Gasteiger partial charge in [0.1, 0.15) is 5.75 Å². The average Bonchev–Trinajstić information content (AvgIpc) is 2.47. The highest BCUT2D eigenvalue weighted by molar-refractivity contribution is 6.31. The van der Waals surface area contributed by atoms with Crippen LogP contribution in [0.3, 0.4) is 0 Å². The highest BCUT2D eigenvalue weighted by atomic mass is 35.5. The molecule has 2 aromatic carbocycles. The van der Waals surface area contributed by atoms with E-state index in [1.54, 1.807) is 30.3 Å². The molecule has 2 rings (SSSR count). The van der Waals surface area contributed by atoms with Gasteiger partial charge in [0.15, 0.2) is 0 Å². The van der Waals surface area contributed by atoms with E-state index in [0.29, 0.717) is 28.0 Å². The Hall–Kier alpha value is -1.91. The molecule has 0 atom stereocenters. The second-order valence-electron chi connectivity index (χ2n) is 4.28. The number of ether oxygens (including phenoxy) is 1. The van der Waals surface area contributed by atoms with Crippen LogP contribution in [-0.2, 0) is 6.54 Å². The van der Waals surface area contributed by atoms with E-state index in [0.717, 1.165) is 5.56 Å². The number of hydrogen-bond acceptors (Lipinski definition) is 2. The SMILES string of the molecule is COc1ccc(Cl)cc1NC(=O)NCc1ccc(Cl)cc1. The average molecular weight is 325 g/mol. The molecule has 0 fully saturated rings. The van der Waals surface area contributed by atoms with Crippen molar-refractivity contribution in [1.82, 2.24) is 5.32 Å². The van der Waals surface area contributed by atoms with Crippen molar-refractivity contribution in [3.8, 4) is 5.75 Å². The van der Waals surface area contributed by atoms with E-state index in [9.17, 15) is 4.79 Å². The molecule has 0 aliphatic carbocycles. The van der Waals surface area contributed by atoms with Gasteiger partial charge in [0, 0.05) is 16.6 Å². The first-order valence-electron chi connectivity index (χ1n) is 6.21. The summed E-state index contributed by atoms with van der Waals surface area (Å²) in [6.07, 6.45) is 0. The van der Waals surface area contributed by atoms with Crippen molar-refractivity contribution in [2.75, 3.05) is 12.4 Å². The topological polar surface area (TPSA) is 50.4 Å². The molecule has 0 heterocycles. The Labute approximate surface area is 133 Å². The number of methoxy groups -OCH3 is 1. The number of benzene rings is 2. The standard InChI is InChI=1S/C15H14Cl2N2O2/c1-21-14-7-6-12(17)8-13(14)19-15(20)18-9-10-2-4-11(16)5-3-10/h2-8H,9H2,1H3,(H2,18,19,20). The van der Waals surface area contributed by atoms with Gasteiger partial charge in [-0.15, -0.1) is 0 Å². The van der Waals surface area contributed by atoms with Crippen molar-refractivity contribution < 1.29 is 9.53 Å². The zero-order valence-corrected chi connectivity index (χ0v) is 12.8. The molecular formula is C15H14Cl2N2O2. The lowest BCUT2D eigenvalue weighted by Crippen LogP contribution is -2.28. The van der Waals surface area contributed by atoms with Gasteiger partial charge in [-0.25, -0.2) is 4.79 Å². The predicted octanol–water partition coefficient (Wildman–Crippen LogP) is 4.32. The summed E-state index contributed by atoms with van der Waals surface area (Å²) in [6, 6.07) is 11.9. The van der Waals surface area contributed by atoms with Gasteiger partial charge in [0.25, 0.3) is 0 Å². The van der Waals surface area contributed by atoms with E-state index in [4.69, 9.17) is 27.9 Å². The first-order chi connectivity index (χ1) is 10.1. The molecule has 0 aliphatic rings. The van der Waals surface area contributed by atoms with Crippen molar-refractivity contribution in [2.45, 2.75) is 6.54 Å². The van der Waals surface area contributed by atoms with Gasteiger partial charge in [-0.1, -0.05) is 35.3 Å². The van der Waals surface area contributed by atoms with Gasteiger partial charge in [-0.05, 0) is 35.9 Å². The predicted molar refractivity (Wildman–Crippen MR) is 85.3 cm³/mol. The number of nitrogens with one attached hydrogen (secondary N) is 2. The molecule has 0 saturated carbocycles. The minimum atomic E-state index is -0.342. The van der Waals surface area contributed by atoms with Crippen LogP contribution in [0.4, 0.5) is 10.5 Å². The van der Waals surface area contributed by atoms with Crippen molar-refractivity contribution >= 4 is 34.9 Å². The maximum atomic E-state index is 11.9. The monoisotopic (exact) mass is 324 g/mol. The number of rotatable bonds is 4. The normalized spacial score (nSPS) is 10.0. The highest BCUT2D eigenvalue weighted by Crippen LogP contribution is 2.27. The Balaban J connectivity index is 1.95. The van der Waals surface area contributed by atoms with Crippen LogP contribution in [0.25, 0.3) is 0 Å². The summed E-state index contributed by atoms with van der Waals surface area (Å²) in [6.45, 7) is 0.395. The van der Waals surface area contributed by atoms with Crippen molar-refractivity contribution in [1.29, 1.82) is 0 Å². The van der Waals surface area contributed by atoms with Crippen LogP contribution < -0.4 is 15.4 Å². The summed E-state index contributed by atoms with van der Waals surface area (Å²) in [4.78, 5) is 11.9. The van der Waals surface area contributed by atoms with Gasteiger partial charge >= 0.3 is 6.03 Å². The number of carbonyl (C=O) groups excluding carboxylic acids is 1. The quantitative estimate of drug-likeness (QED) is 0.879. The number of anilines is 1. The fraction of sp³-hybridized carbons (Fsp3) is 0.133. The number of carbonyl (C=O) groups is 1. The number of urea groups is 1. The Morgan fingerprint density at radius 3 is 2.43 bits per heavy atom. The fourth-order valence-electron chi connectivity index (χ4n) is 1.73. The van der Waals surface area contributed by atoms with Gasteiger partial charge in [0.2, 0.25) is 0 Å². The van der Waals surface area contributed by atoms with E-state index in [1.165, 1.54) is 7.11 Å². The van der Waals surface area contributed by atoms with Crippen LogP contribution in [-0.4, -0.2) is 13.1 Å². The smallest absolute Gasteiger partial charge is 0.319 e. The van der Waals surface area contributed by atoms with Crippen LogP contribution in [0, 0.1) is 0 Å². The largest absolute Gasteiger partial charge is 0.495 e. The third-order valence-electron chi connectivity index (χ3n) is 2.78. The second kappa shape index (κ2) is 7.20. The fourth-order valence-corrected chi connectivity index (χ4v) is 2.03. The molecule has 0 spiro atoms. The number of halogens is 2. The molecule has 6 heteroatoms. The van der Waals surface area contributed by atoms with Gasteiger partial charge in [0.05, 0.1) is 12.8 Å². The zero-order chi connectivity index (χ0) is 15.2. The maximum Gasteiger partial charge on any atom is 0.319 e. The molecular weight excluding hydrogens is 311 g/mol. The van der Waals surface area contributed by atoms with E-state index in [-0.39, 0.29) is 6.03 Å². The first-order valence-corrected chi connectivity index (χ1v) is 6.97. The highest BCUT2D eigenvalue weighted by Gasteiger charge is 2.08. The van der Waals surface area contributed by atoms with Crippen molar-refractivity contribution in [2.24, 2.45) is 0 Å². The third kappa shape index (κ3) is 4.55. The molecule has 0 unspecified atom stereocenters. The minimum absolute atomic E-state index is 0.342. The van der Waals surface area contributed by atoms with E-state index >= 15 is 0 Å². The number of hydrogen-bond donors (Lipinski definition) is 2. The van der Waals surface area contributed by atoms with Gasteiger partial charge in [-0.2, -0.15) is 0 Å². The Morgan fingerprint density at radius 1 is 1.10 bits per heavy atom. The lowest BCUT2D eigenvalue weighted by Gasteiger charge is -2.11. The Morgan fingerprint density at radius 2 is 1.76 bits per heavy atom. The first kappa shape index (κ1) is 15.5. The lowest BCUT2D eigenvalue weighted by molar-refractivity contribution is 0.251. The molecule has 2 aromatic rings. The Bertz CT molecular complexity index is 630. The molecule has 0 aliphatic heterocycles. The third-order valence-corrected chi connectivity index (χ3v) is 3.26. The van der Waals surface area contributed by atoms with E-state index < -0.39 is 0 Å². The minimum Gasteiger partial charge on any atom is -0.495 e. The summed E-state index contributed by atoms with van der Waals surface area (Å²) in [7, 11) is 1.53. The molecule has 0 radical (unpaired) electrons. The van der Waals surface area contributed by atoms with E-state index in [2.05, 4.69) is 10.6 Å². The van der Waals surface area contributed by atoms with Crippen LogP contribution in [0.15, 0.2) is 42.5 Å². The van der Waals surface area contributed by atoms with Crippen molar-refractivity contribution in [3.05, 3.63) is 58.1 Å². The van der Waals surface area contributed by atoms with Gasteiger partial charge < -0.3 is 15.4 Å². The summed E-state index contributed by atoms with van der Waals surface area (Å²) >= 11 is 11.7. The molecule has 0 saturated heterocycles. The van der Waals surface area contributed by atoms with E-state index in [1.807, 2.05) is 12.1 Å². The Kier molecular flexibility index (Phi) is 5.31. The maximum absolute atomic E-state index is 11.9. The summed E-state index contributed by atoms with van der Waals surface area (Å²) in [5.41, 5.74) is 1.46. The van der Waals surface area contributed by atoms with Gasteiger partial charge in [-0.3, -0.25) is 0 Å². The molecule has 2 amide bonds. The second-order valence-corrected chi connectivity index (χ2v) is 5.15. The lowest BCUT2D eigenvalue weighted by atomic mass is 10.2. The van der Waals surface area contributed by atoms with Crippen LogP contribution in [0.2, 0.25) is 10.0 Å².